The van der Waals surface area contributed by atoms with E-state index in [1.54, 1.807) is 34.6 Å². The van der Waals surface area contributed by atoms with Crippen LogP contribution in [0.4, 0.5) is 5.82 Å². The number of hydrogen-bond acceptors (Lipinski definition) is 3. The largest absolute Gasteiger partial charge is 0.306 e. The van der Waals surface area contributed by atoms with Crippen molar-refractivity contribution < 1.29 is 4.79 Å². The molecular formula is C12H11N5O. The fourth-order valence-corrected chi connectivity index (χ4v) is 1.71. The molecule has 0 aliphatic heterocycles. The Bertz CT molecular complexity index is 679. The number of hydrogen-bond donors (Lipinski definition) is 1. The molecule has 18 heavy (non-hydrogen) atoms. The smallest absolute Gasteiger partial charge is 0.277 e. The van der Waals surface area contributed by atoms with Crippen LogP contribution < -0.4 is 5.32 Å². The van der Waals surface area contributed by atoms with Crippen molar-refractivity contribution in [2.24, 2.45) is 7.05 Å². The Balaban J connectivity index is 1.87. The van der Waals surface area contributed by atoms with Crippen LogP contribution in [-0.2, 0) is 7.05 Å². The highest BCUT2D eigenvalue weighted by Crippen LogP contribution is 2.07. The molecule has 1 N–H and O–H groups in total. The summed E-state index contributed by atoms with van der Waals surface area (Å²) >= 11 is 0. The maximum Gasteiger partial charge on any atom is 0.277 e. The lowest BCUT2D eigenvalue weighted by atomic mass is 10.4. The molecule has 0 fully saturated rings. The van der Waals surface area contributed by atoms with Crippen molar-refractivity contribution in [3.8, 4) is 0 Å². The highest BCUT2D eigenvalue weighted by Gasteiger charge is 2.11. The quantitative estimate of drug-likeness (QED) is 0.736. The summed E-state index contributed by atoms with van der Waals surface area (Å²) in [7, 11) is 1.79. The van der Waals surface area contributed by atoms with E-state index >= 15 is 0 Å². The summed E-state index contributed by atoms with van der Waals surface area (Å²) in [4.78, 5) is 16.2. The zero-order chi connectivity index (χ0) is 12.5. The first-order chi connectivity index (χ1) is 8.72. The van der Waals surface area contributed by atoms with Crippen LogP contribution in [-0.4, -0.2) is 25.1 Å². The van der Waals surface area contributed by atoms with Crippen LogP contribution in [0.25, 0.3) is 5.65 Å². The fraction of sp³-hybridized carbons (Fsp3) is 0.0833. The Hall–Kier alpha value is -2.63. The number of rotatable bonds is 2. The van der Waals surface area contributed by atoms with Crippen molar-refractivity contribution in [2.45, 2.75) is 0 Å². The third-order valence-electron chi connectivity index (χ3n) is 2.55. The monoisotopic (exact) mass is 241 g/mol. The first-order valence-corrected chi connectivity index (χ1v) is 5.47. The number of pyridine rings is 1. The predicted octanol–water partition coefficient (Wildman–Crippen LogP) is 1.32. The maximum absolute atomic E-state index is 12.0. The summed E-state index contributed by atoms with van der Waals surface area (Å²) in [6.45, 7) is 0. The average Bonchev–Trinajstić information content (AvgIpc) is 2.95. The number of nitrogens with one attached hydrogen (secondary N) is 1. The Kier molecular flexibility index (Phi) is 2.33. The summed E-state index contributed by atoms with van der Waals surface area (Å²) in [5.41, 5.74) is 1.11. The van der Waals surface area contributed by atoms with Gasteiger partial charge in [-0.05, 0) is 12.1 Å². The number of fused-ring (bicyclic) bond motifs is 1. The molecule has 0 spiro atoms. The zero-order valence-electron chi connectivity index (χ0n) is 9.74. The molecule has 0 saturated heterocycles. The molecule has 6 heteroatoms. The molecule has 3 aromatic heterocycles. The topological polar surface area (TPSA) is 64.2 Å². The number of nitrogens with zero attached hydrogens (tertiary/aromatic N) is 4. The predicted molar refractivity (Wildman–Crippen MR) is 66.4 cm³/mol. The van der Waals surface area contributed by atoms with E-state index in [1.165, 1.54) is 0 Å². The molecule has 0 aromatic carbocycles. The van der Waals surface area contributed by atoms with E-state index in [0.29, 0.717) is 11.5 Å². The van der Waals surface area contributed by atoms with Crippen LogP contribution in [0.2, 0.25) is 0 Å². The van der Waals surface area contributed by atoms with E-state index in [9.17, 15) is 4.79 Å². The Morgan fingerprint density at radius 2 is 2.17 bits per heavy atom. The van der Waals surface area contributed by atoms with E-state index in [1.807, 2.05) is 24.4 Å². The zero-order valence-corrected chi connectivity index (χ0v) is 9.74. The minimum Gasteiger partial charge on any atom is -0.306 e. The first kappa shape index (κ1) is 10.5. The minimum absolute atomic E-state index is 0.266. The minimum atomic E-state index is -0.266. The molecule has 0 radical (unpaired) electrons. The molecule has 0 saturated carbocycles. The van der Waals surface area contributed by atoms with Crippen LogP contribution >= 0.6 is 0 Å². The van der Waals surface area contributed by atoms with Crippen LogP contribution in [0, 0.1) is 0 Å². The second kappa shape index (κ2) is 3.99. The van der Waals surface area contributed by atoms with Gasteiger partial charge in [-0.25, -0.2) is 4.98 Å². The van der Waals surface area contributed by atoms with Gasteiger partial charge in [-0.1, -0.05) is 6.07 Å². The Morgan fingerprint density at radius 1 is 1.28 bits per heavy atom. The molecule has 0 unspecified atom stereocenters. The third kappa shape index (κ3) is 1.84. The average molecular weight is 241 g/mol. The van der Waals surface area contributed by atoms with Gasteiger partial charge in [0.05, 0.1) is 0 Å². The number of carbonyl (C=O) groups is 1. The normalized spacial score (nSPS) is 10.7. The summed E-state index contributed by atoms with van der Waals surface area (Å²) in [6.07, 6.45) is 5.30. The maximum atomic E-state index is 12.0. The van der Waals surface area contributed by atoms with Crippen LogP contribution in [0.5, 0.6) is 0 Å². The third-order valence-corrected chi connectivity index (χ3v) is 2.55. The second-order valence-electron chi connectivity index (χ2n) is 3.92. The summed E-state index contributed by atoms with van der Waals surface area (Å²) in [5, 5.41) is 6.77. The number of aryl methyl sites for hydroxylation is 1. The van der Waals surface area contributed by atoms with Gasteiger partial charge in [0.2, 0.25) is 0 Å². The van der Waals surface area contributed by atoms with E-state index < -0.39 is 0 Å². The molecular weight excluding hydrogens is 230 g/mol. The van der Waals surface area contributed by atoms with Gasteiger partial charge >= 0.3 is 0 Å². The highest BCUT2D eigenvalue weighted by molar-refractivity contribution is 6.02. The molecule has 0 aliphatic carbocycles. The summed E-state index contributed by atoms with van der Waals surface area (Å²) in [5.74, 6) is 0.247. The van der Waals surface area contributed by atoms with Gasteiger partial charge in [0.25, 0.3) is 5.91 Å². The van der Waals surface area contributed by atoms with Gasteiger partial charge < -0.3 is 9.72 Å². The summed E-state index contributed by atoms with van der Waals surface area (Å²) in [6, 6.07) is 7.34. The van der Waals surface area contributed by atoms with Crippen molar-refractivity contribution >= 4 is 17.4 Å². The van der Waals surface area contributed by atoms with Gasteiger partial charge in [0.15, 0.2) is 5.82 Å². The lowest BCUT2D eigenvalue weighted by Gasteiger charge is -1.97. The van der Waals surface area contributed by atoms with Gasteiger partial charge in [0.1, 0.15) is 11.3 Å². The second-order valence-corrected chi connectivity index (χ2v) is 3.92. The molecule has 0 aliphatic rings. The Labute approximate surface area is 103 Å². The van der Waals surface area contributed by atoms with Gasteiger partial charge in [-0.15, -0.1) is 0 Å². The van der Waals surface area contributed by atoms with Crippen molar-refractivity contribution in [2.75, 3.05) is 5.32 Å². The molecule has 3 rings (SSSR count). The van der Waals surface area contributed by atoms with E-state index in [4.69, 9.17) is 0 Å². The summed E-state index contributed by atoms with van der Waals surface area (Å²) < 4.78 is 3.42. The van der Waals surface area contributed by atoms with Gasteiger partial charge in [-0.2, -0.15) is 5.10 Å². The lowest BCUT2D eigenvalue weighted by molar-refractivity contribution is 0.102. The number of anilines is 1. The number of imidazole rings is 1. The van der Waals surface area contributed by atoms with Gasteiger partial charge in [-0.3, -0.25) is 9.48 Å². The molecule has 3 heterocycles. The van der Waals surface area contributed by atoms with Crippen molar-refractivity contribution in [1.82, 2.24) is 19.2 Å². The van der Waals surface area contributed by atoms with E-state index in [2.05, 4.69) is 15.4 Å². The Morgan fingerprint density at radius 3 is 2.89 bits per heavy atom. The van der Waals surface area contributed by atoms with Crippen LogP contribution in [0.15, 0.2) is 42.9 Å². The standard InChI is InChI=1S/C12H11N5O/c1-16-7-5-10(15-16)14-12(18)9-8-17-6-3-2-4-11(17)13-9/h2-8H,1H3,(H,14,15,18). The molecule has 0 atom stereocenters. The van der Waals surface area contributed by atoms with E-state index in [-0.39, 0.29) is 5.91 Å². The van der Waals surface area contributed by atoms with Crippen molar-refractivity contribution in [1.29, 1.82) is 0 Å². The molecule has 90 valence electrons. The molecule has 3 aromatic rings. The van der Waals surface area contributed by atoms with Crippen molar-refractivity contribution in [3.05, 3.63) is 48.5 Å². The molecule has 0 bridgehead atoms. The van der Waals surface area contributed by atoms with Gasteiger partial charge in [0, 0.05) is 31.7 Å². The lowest BCUT2D eigenvalue weighted by Crippen LogP contribution is -2.12. The fourth-order valence-electron chi connectivity index (χ4n) is 1.71. The number of amides is 1. The number of carbonyl (C=O) groups excluding carboxylic acids is 1. The van der Waals surface area contributed by atoms with Crippen LogP contribution in [0.3, 0.4) is 0 Å². The molecule has 6 nitrogen and oxygen atoms in total. The first-order valence-electron chi connectivity index (χ1n) is 5.47. The SMILES string of the molecule is Cn1ccc(NC(=O)c2cn3ccccc3n2)n1. The molecule has 1 amide bonds. The van der Waals surface area contributed by atoms with Crippen LogP contribution in [0.1, 0.15) is 10.5 Å². The van der Waals surface area contributed by atoms with E-state index in [0.717, 1.165) is 5.65 Å². The number of aromatic nitrogens is 4. The van der Waals surface area contributed by atoms with Crippen molar-refractivity contribution in [3.63, 3.8) is 0 Å². The highest BCUT2D eigenvalue weighted by atomic mass is 16.2.